The van der Waals surface area contributed by atoms with Crippen LogP contribution in [-0.4, -0.2) is 6.10 Å². The minimum Gasteiger partial charge on any atom is -0.374 e. The van der Waals surface area contributed by atoms with Gasteiger partial charge in [0.05, 0.1) is 12.7 Å². The highest BCUT2D eigenvalue weighted by Crippen LogP contribution is 2.05. The Morgan fingerprint density at radius 3 is 2.38 bits per heavy atom. The van der Waals surface area contributed by atoms with E-state index in [1.165, 1.54) is 0 Å². The predicted molar refractivity (Wildman–Crippen MR) is 54.3 cm³/mol. The fourth-order valence-electron chi connectivity index (χ4n) is 0.960. The van der Waals surface area contributed by atoms with Crippen molar-refractivity contribution in [2.45, 2.75) is 26.6 Å². The first-order valence-electron chi connectivity index (χ1n) is 4.39. The number of terminal acetylenes is 1. The maximum atomic E-state index is 5.45. The molecule has 0 fully saturated rings. The van der Waals surface area contributed by atoms with Crippen molar-refractivity contribution < 1.29 is 4.74 Å². The van der Waals surface area contributed by atoms with Gasteiger partial charge in [0.2, 0.25) is 0 Å². The Kier molecular flexibility index (Phi) is 3.54. The van der Waals surface area contributed by atoms with Crippen molar-refractivity contribution in [2.24, 2.45) is 0 Å². The maximum absolute atomic E-state index is 5.45. The Bertz CT molecular complexity index is 290. The van der Waals surface area contributed by atoms with E-state index in [-0.39, 0.29) is 6.10 Å². The van der Waals surface area contributed by atoms with Crippen LogP contribution in [0.1, 0.15) is 25.0 Å². The Labute approximate surface area is 79.7 Å². The van der Waals surface area contributed by atoms with Gasteiger partial charge in [0, 0.05) is 5.56 Å². The highest BCUT2D eigenvalue weighted by molar-refractivity contribution is 5.33. The first kappa shape index (κ1) is 9.83. The number of ether oxygens (including phenoxy) is 1. The number of rotatable bonds is 3. The van der Waals surface area contributed by atoms with Crippen molar-refractivity contribution in [2.75, 3.05) is 0 Å². The van der Waals surface area contributed by atoms with E-state index in [0.29, 0.717) is 6.61 Å². The molecule has 0 radical (unpaired) electrons. The van der Waals surface area contributed by atoms with Gasteiger partial charge in [0.15, 0.2) is 0 Å². The fourth-order valence-corrected chi connectivity index (χ4v) is 0.960. The molecule has 0 unspecified atom stereocenters. The van der Waals surface area contributed by atoms with E-state index in [1.54, 1.807) is 0 Å². The van der Waals surface area contributed by atoms with Gasteiger partial charge in [0.1, 0.15) is 0 Å². The minimum absolute atomic E-state index is 0.271. The molecule has 0 aliphatic carbocycles. The molecule has 0 spiro atoms. The lowest BCUT2D eigenvalue weighted by Crippen LogP contribution is -2.01. The van der Waals surface area contributed by atoms with E-state index in [4.69, 9.17) is 11.2 Å². The first-order chi connectivity index (χ1) is 6.22. The van der Waals surface area contributed by atoms with Crippen molar-refractivity contribution in [3.8, 4) is 12.3 Å². The summed E-state index contributed by atoms with van der Waals surface area (Å²) in [5.41, 5.74) is 2.07. The van der Waals surface area contributed by atoms with E-state index in [2.05, 4.69) is 5.92 Å². The number of hydrogen-bond donors (Lipinski definition) is 0. The van der Waals surface area contributed by atoms with Crippen LogP contribution in [0.2, 0.25) is 0 Å². The second kappa shape index (κ2) is 4.69. The lowest BCUT2D eigenvalue weighted by atomic mass is 10.1. The Morgan fingerprint density at radius 1 is 1.31 bits per heavy atom. The van der Waals surface area contributed by atoms with E-state index in [9.17, 15) is 0 Å². The van der Waals surface area contributed by atoms with E-state index in [0.717, 1.165) is 11.1 Å². The van der Waals surface area contributed by atoms with Crippen LogP contribution in [0.5, 0.6) is 0 Å². The normalized spacial score (nSPS) is 10.0. The molecule has 0 heterocycles. The monoisotopic (exact) mass is 174 g/mol. The first-order valence-corrected chi connectivity index (χ1v) is 4.39. The van der Waals surface area contributed by atoms with E-state index < -0.39 is 0 Å². The summed E-state index contributed by atoms with van der Waals surface area (Å²) in [6, 6.07) is 7.85. The molecule has 0 N–H and O–H groups in total. The summed E-state index contributed by atoms with van der Waals surface area (Å²) in [6.07, 6.45) is 5.51. The molecule has 0 aliphatic heterocycles. The Hall–Kier alpha value is -1.26. The zero-order valence-corrected chi connectivity index (χ0v) is 8.08. The average molecular weight is 174 g/mol. The molecule has 0 saturated heterocycles. The van der Waals surface area contributed by atoms with Crippen LogP contribution in [0.25, 0.3) is 0 Å². The molecule has 68 valence electrons. The van der Waals surface area contributed by atoms with Crippen molar-refractivity contribution in [1.82, 2.24) is 0 Å². The van der Waals surface area contributed by atoms with Gasteiger partial charge in [-0.1, -0.05) is 18.1 Å². The lowest BCUT2D eigenvalue weighted by molar-refractivity contribution is 0.0657. The molecule has 1 aromatic carbocycles. The largest absolute Gasteiger partial charge is 0.374 e. The summed E-state index contributed by atoms with van der Waals surface area (Å²) >= 11 is 0. The molecule has 1 nitrogen and oxygen atoms in total. The summed E-state index contributed by atoms with van der Waals surface area (Å²) < 4.78 is 5.45. The molecule has 13 heavy (non-hydrogen) atoms. The van der Waals surface area contributed by atoms with Crippen LogP contribution in [0.4, 0.5) is 0 Å². The smallest absolute Gasteiger partial charge is 0.0720 e. The van der Waals surface area contributed by atoms with Crippen molar-refractivity contribution in [1.29, 1.82) is 0 Å². The highest BCUT2D eigenvalue weighted by atomic mass is 16.5. The van der Waals surface area contributed by atoms with Gasteiger partial charge in [-0.3, -0.25) is 0 Å². The molecule has 0 saturated carbocycles. The van der Waals surface area contributed by atoms with E-state index in [1.807, 2.05) is 38.1 Å². The maximum Gasteiger partial charge on any atom is 0.0720 e. The van der Waals surface area contributed by atoms with Gasteiger partial charge in [0.25, 0.3) is 0 Å². The summed E-state index contributed by atoms with van der Waals surface area (Å²) in [5.74, 6) is 2.58. The van der Waals surface area contributed by atoms with Crippen LogP contribution in [0, 0.1) is 12.3 Å². The molecule has 0 aliphatic rings. The topological polar surface area (TPSA) is 9.23 Å². The molecule has 0 atom stereocenters. The van der Waals surface area contributed by atoms with Gasteiger partial charge in [-0.2, -0.15) is 0 Å². The summed E-state index contributed by atoms with van der Waals surface area (Å²) in [7, 11) is 0. The fraction of sp³-hybridized carbons (Fsp3) is 0.333. The molecule has 0 aromatic heterocycles. The molecule has 1 aromatic rings. The van der Waals surface area contributed by atoms with Crippen molar-refractivity contribution in [3.05, 3.63) is 35.4 Å². The van der Waals surface area contributed by atoms with Gasteiger partial charge in [-0.15, -0.1) is 6.42 Å². The zero-order chi connectivity index (χ0) is 9.68. The van der Waals surface area contributed by atoms with Crippen LogP contribution in [0.3, 0.4) is 0 Å². The SMILES string of the molecule is C#Cc1ccc(COC(C)C)cc1. The van der Waals surface area contributed by atoms with Gasteiger partial charge < -0.3 is 4.74 Å². The molecule has 0 bridgehead atoms. The molecule has 1 heteroatoms. The summed E-state index contributed by atoms with van der Waals surface area (Å²) in [5, 5.41) is 0. The van der Waals surface area contributed by atoms with Gasteiger partial charge in [-0.05, 0) is 31.5 Å². The molecular weight excluding hydrogens is 160 g/mol. The van der Waals surface area contributed by atoms with Crippen LogP contribution in [0.15, 0.2) is 24.3 Å². The second-order valence-electron chi connectivity index (χ2n) is 3.20. The molecule has 0 amide bonds. The zero-order valence-electron chi connectivity index (χ0n) is 8.08. The second-order valence-corrected chi connectivity index (χ2v) is 3.20. The summed E-state index contributed by atoms with van der Waals surface area (Å²) in [4.78, 5) is 0. The van der Waals surface area contributed by atoms with Gasteiger partial charge in [-0.25, -0.2) is 0 Å². The predicted octanol–water partition coefficient (Wildman–Crippen LogP) is 2.59. The summed E-state index contributed by atoms with van der Waals surface area (Å²) in [6.45, 7) is 4.70. The lowest BCUT2D eigenvalue weighted by Gasteiger charge is -2.06. The third kappa shape index (κ3) is 3.31. The van der Waals surface area contributed by atoms with Crippen LogP contribution in [-0.2, 0) is 11.3 Å². The Balaban J connectivity index is 2.55. The average Bonchev–Trinajstić information content (AvgIpc) is 2.15. The Morgan fingerprint density at radius 2 is 1.92 bits per heavy atom. The standard InChI is InChI=1S/C12H14O/c1-4-11-5-7-12(8-6-11)9-13-10(2)3/h1,5-8,10H,9H2,2-3H3. The molecule has 1 rings (SSSR count). The van der Waals surface area contributed by atoms with Crippen LogP contribution >= 0.6 is 0 Å². The third-order valence-electron chi connectivity index (χ3n) is 1.70. The number of hydrogen-bond acceptors (Lipinski definition) is 1. The minimum atomic E-state index is 0.271. The van der Waals surface area contributed by atoms with Gasteiger partial charge >= 0.3 is 0 Å². The number of benzene rings is 1. The highest BCUT2D eigenvalue weighted by Gasteiger charge is 1.95. The van der Waals surface area contributed by atoms with Crippen molar-refractivity contribution >= 4 is 0 Å². The molecular formula is C12H14O. The van der Waals surface area contributed by atoms with E-state index >= 15 is 0 Å². The third-order valence-corrected chi connectivity index (χ3v) is 1.70. The van der Waals surface area contributed by atoms with Crippen molar-refractivity contribution in [3.63, 3.8) is 0 Å². The van der Waals surface area contributed by atoms with Crippen LogP contribution < -0.4 is 0 Å². The quantitative estimate of drug-likeness (QED) is 0.640.